The van der Waals surface area contributed by atoms with Crippen molar-refractivity contribution in [3.8, 4) is 0 Å². The summed E-state index contributed by atoms with van der Waals surface area (Å²) in [5.74, 6) is 0. The Hall–Kier alpha value is -0.390. The minimum atomic E-state index is -3.30. The Balaban J connectivity index is 2.50. The van der Waals surface area contributed by atoms with Crippen molar-refractivity contribution >= 4 is 21.4 Å². The van der Waals surface area contributed by atoms with Crippen LogP contribution in [0, 0.1) is 5.41 Å². The molecule has 0 saturated carbocycles. The molecule has 1 heterocycles. The zero-order valence-electron chi connectivity index (χ0n) is 11.6. The van der Waals surface area contributed by atoms with E-state index < -0.39 is 10.0 Å². The summed E-state index contributed by atoms with van der Waals surface area (Å²) in [4.78, 5) is 1.10. The Morgan fingerprint density at radius 1 is 1.28 bits per heavy atom. The van der Waals surface area contributed by atoms with Crippen LogP contribution in [0.5, 0.6) is 0 Å². The lowest BCUT2D eigenvalue weighted by atomic mass is 9.91. The van der Waals surface area contributed by atoms with Gasteiger partial charge in [0.1, 0.15) is 4.21 Å². The van der Waals surface area contributed by atoms with Crippen LogP contribution in [0.25, 0.3) is 0 Å². The molecular formula is C13H23NO2S2. The maximum Gasteiger partial charge on any atom is 0.250 e. The lowest BCUT2D eigenvalue weighted by Gasteiger charge is -2.17. The van der Waals surface area contributed by atoms with Crippen molar-refractivity contribution in [1.29, 1.82) is 0 Å². The Labute approximate surface area is 115 Å². The molecule has 1 N–H and O–H groups in total. The van der Waals surface area contributed by atoms with Crippen LogP contribution in [0.3, 0.4) is 0 Å². The van der Waals surface area contributed by atoms with E-state index in [2.05, 4.69) is 25.5 Å². The van der Waals surface area contributed by atoms with Crippen molar-refractivity contribution in [3.63, 3.8) is 0 Å². The molecule has 0 fully saturated rings. The van der Waals surface area contributed by atoms with Gasteiger partial charge in [0.15, 0.2) is 0 Å². The van der Waals surface area contributed by atoms with Gasteiger partial charge in [-0.1, -0.05) is 27.7 Å². The van der Waals surface area contributed by atoms with Gasteiger partial charge in [-0.2, -0.15) is 0 Å². The fraction of sp³-hybridized carbons (Fsp3) is 0.692. The fourth-order valence-electron chi connectivity index (χ4n) is 1.59. The van der Waals surface area contributed by atoms with Crippen molar-refractivity contribution in [2.45, 2.75) is 51.2 Å². The van der Waals surface area contributed by atoms with Crippen molar-refractivity contribution in [1.82, 2.24) is 4.72 Å². The lowest BCUT2D eigenvalue weighted by Crippen LogP contribution is -2.24. The molecule has 1 aromatic rings. The fourth-order valence-corrected chi connectivity index (χ4v) is 4.00. The maximum atomic E-state index is 12.0. The number of hydrogen-bond acceptors (Lipinski definition) is 3. The first-order valence-electron chi connectivity index (χ1n) is 6.33. The van der Waals surface area contributed by atoms with Gasteiger partial charge in [-0.3, -0.25) is 0 Å². The summed E-state index contributed by atoms with van der Waals surface area (Å²) in [6.45, 7) is 9.02. The highest BCUT2D eigenvalue weighted by Crippen LogP contribution is 2.22. The molecule has 0 saturated heterocycles. The molecule has 18 heavy (non-hydrogen) atoms. The third-order valence-electron chi connectivity index (χ3n) is 2.65. The largest absolute Gasteiger partial charge is 0.250 e. The van der Waals surface area contributed by atoms with E-state index in [4.69, 9.17) is 0 Å². The van der Waals surface area contributed by atoms with Gasteiger partial charge < -0.3 is 0 Å². The average Bonchev–Trinajstić information content (AvgIpc) is 2.72. The summed E-state index contributed by atoms with van der Waals surface area (Å²) in [5.41, 5.74) is 0.254. The van der Waals surface area contributed by atoms with Gasteiger partial charge in [0, 0.05) is 11.4 Å². The van der Waals surface area contributed by atoms with Gasteiger partial charge in [0.05, 0.1) is 0 Å². The number of rotatable bonds is 6. The van der Waals surface area contributed by atoms with Crippen molar-refractivity contribution in [3.05, 3.63) is 17.0 Å². The number of nitrogens with one attached hydrogen (secondary N) is 1. The van der Waals surface area contributed by atoms with E-state index in [1.807, 2.05) is 13.0 Å². The normalized spacial score (nSPS) is 12.9. The quantitative estimate of drug-likeness (QED) is 0.816. The van der Waals surface area contributed by atoms with E-state index in [-0.39, 0.29) is 5.41 Å². The van der Waals surface area contributed by atoms with Crippen LogP contribution in [-0.2, 0) is 16.4 Å². The smallest absolute Gasteiger partial charge is 0.210 e. The predicted molar refractivity (Wildman–Crippen MR) is 77.6 cm³/mol. The standard InChI is InChI=1S/C13H23NO2S2/c1-5-11-7-8-12(17-11)18(15,16)14-10-6-9-13(2,3)4/h7-8,14H,5-6,9-10H2,1-4H3. The van der Waals surface area contributed by atoms with Gasteiger partial charge in [-0.25, -0.2) is 13.1 Å². The van der Waals surface area contributed by atoms with Crippen molar-refractivity contribution in [2.75, 3.05) is 6.54 Å². The van der Waals surface area contributed by atoms with Gasteiger partial charge in [-0.05, 0) is 36.8 Å². The summed E-state index contributed by atoms with van der Waals surface area (Å²) in [7, 11) is -3.30. The van der Waals surface area contributed by atoms with Crippen LogP contribution in [0.1, 0.15) is 45.4 Å². The summed E-state index contributed by atoms with van der Waals surface area (Å²) < 4.78 is 27.1. The second-order valence-electron chi connectivity index (χ2n) is 5.64. The molecule has 5 heteroatoms. The summed E-state index contributed by atoms with van der Waals surface area (Å²) >= 11 is 1.35. The Morgan fingerprint density at radius 2 is 1.94 bits per heavy atom. The Kier molecular flexibility index (Phi) is 5.37. The van der Waals surface area contributed by atoms with Crippen LogP contribution in [0.2, 0.25) is 0 Å². The van der Waals surface area contributed by atoms with Gasteiger partial charge in [0.2, 0.25) is 10.0 Å². The SMILES string of the molecule is CCc1ccc(S(=O)(=O)NCCCC(C)(C)C)s1. The minimum absolute atomic E-state index is 0.254. The summed E-state index contributed by atoms with van der Waals surface area (Å²) in [5, 5.41) is 0. The van der Waals surface area contributed by atoms with Crippen LogP contribution >= 0.6 is 11.3 Å². The van der Waals surface area contributed by atoms with Crippen LogP contribution in [-0.4, -0.2) is 15.0 Å². The lowest BCUT2D eigenvalue weighted by molar-refractivity contribution is 0.365. The van der Waals surface area contributed by atoms with E-state index in [1.165, 1.54) is 11.3 Å². The maximum absolute atomic E-state index is 12.0. The molecule has 0 bridgehead atoms. The highest BCUT2D eigenvalue weighted by molar-refractivity contribution is 7.91. The van der Waals surface area contributed by atoms with Crippen molar-refractivity contribution < 1.29 is 8.42 Å². The zero-order chi connectivity index (χ0) is 13.8. The molecule has 0 radical (unpaired) electrons. The first-order chi connectivity index (χ1) is 8.24. The summed E-state index contributed by atoms with van der Waals surface area (Å²) in [6, 6.07) is 3.57. The van der Waals surface area contributed by atoms with E-state index >= 15 is 0 Å². The van der Waals surface area contributed by atoms with Gasteiger partial charge >= 0.3 is 0 Å². The average molecular weight is 289 g/mol. The van der Waals surface area contributed by atoms with Crippen LogP contribution in [0.4, 0.5) is 0 Å². The Morgan fingerprint density at radius 3 is 2.44 bits per heavy atom. The van der Waals surface area contributed by atoms with E-state index in [1.54, 1.807) is 6.07 Å². The van der Waals surface area contributed by atoms with E-state index in [0.717, 1.165) is 24.1 Å². The molecule has 0 aliphatic carbocycles. The first kappa shape index (κ1) is 15.7. The van der Waals surface area contributed by atoms with Gasteiger partial charge in [-0.15, -0.1) is 11.3 Å². The number of hydrogen-bond donors (Lipinski definition) is 1. The topological polar surface area (TPSA) is 46.2 Å². The van der Waals surface area contributed by atoms with Gasteiger partial charge in [0.25, 0.3) is 0 Å². The molecule has 0 aliphatic rings. The zero-order valence-corrected chi connectivity index (χ0v) is 13.2. The monoisotopic (exact) mass is 289 g/mol. The highest BCUT2D eigenvalue weighted by Gasteiger charge is 2.16. The molecule has 0 atom stereocenters. The molecular weight excluding hydrogens is 266 g/mol. The molecule has 3 nitrogen and oxygen atoms in total. The van der Waals surface area contributed by atoms with Crippen LogP contribution < -0.4 is 4.72 Å². The van der Waals surface area contributed by atoms with E-state index in [9.17, 15) is 8.42 Å². The highest BCUT2D eigenvalue weighted by atomic mass is 32.2. The van der Waals surface area contributed by atoms with Crippen molar-refractivity contribution in [2.24, 2.45) is 5.41 Å². The number of sulfonamides is 1. The predicted octanol–water partition coefficient (Wildman–Crippen LogP) is 3.42. The third kappa shape index (κ3) is 5.08. The molecule has 104 valence electrons. The third-order valence-corrected chi connectivity index (χ3v) is 5.83. The summed E-state index contributed by atoms with van der Waals surface area (Å²) in [6.07, 6.45) is 2.76. The van der Waals surface area contributed by atoms with Crippen LogP contribution in [0.15, 0.2) is 16.3 Å². The minimum Gasteiger partial charge on any atom is -0.210 e. The molecule has 0 aliphatic heterocycles. The van der Waals surface area contributed by atoms with E-state index in [0.29, 0.717) is 10.8 Å². The second kappa shape index (κ2) is 6.17. The molecule has 1 rings (SSSR count). The molecule has 0 aromatic carbocycles. The molecule has 0 unspecified atom stereocenters. The first-order valence-corrected chi connectivity index (χ1v) is 8.63. The molecule has 0 amide bonds. The number of aryl methyl sites for hydroxylation is 1. The molecule has 0 spiro atoms. The second-order valence-corrected chi connectivity index (χ2v) is 8.80. The molecule has 1 aromatic heterocycles. The number of thiophene rings is 1. The Bertz CT molecular complexity index is 469.